The fourth-order valence-electron chi connectivity index (χ4n) is 3.80. The molecule has 0 spiro atoms. The monoisotopic (exact) mass is 358 g/mol. The highest BCUT2D eigenvalue weighted by molar-refractivity contribution is 5.98. The third-order valence-electron chi connectivity index (χ3n) is 5.58. The number of nitrogens with one attached hydrogen (secondary N) is 1. The van der Waals surface area contributed by atoms with E-state index in [0.29, 0.717) is 6.54 Å². The zero-order valence-corrected chi connectivity index (χ0v) is 16.0. The Morgan fingerprint density at radius 3 is 2.62 bits per heavy atom. The molecule has 0 radical (unpaired) electrons. The molecule has 1 aromatic carbocycles. The predicted molar refractivity (Wildman–Crippen MR) is 102 cm³/mol. The van der Waals surface area contributed by atoms with Crippen LogP contribution in [0.1, 0.15) is 54.6 Å². The summed E-state index contributed by atoms with van der Waals surface area (Å²) >= 11 is 0. The number of ether oxygens (including phenoxy) is 1. The Balaban J connectivity index is 1.44. The van der Waals surface area contributed by atoms with E-state index in [1.54, 1.807) is 0 Å². The van der Waals surface area contributed by atoms with Gasteiger partial charge in [0.2, 0.25) is 5.91 Å². The number of rotatable bonds is 7. The molecule has 0 aromatic heterocycles. The van der Waals surface area contributed by atoms with Gasteiger partial charge in [-0.3, -0.25) is 14.5 Å². The Labute approximate surface area is 156 Å². The van der Waals surface area contributed by atoms with Gasteiger partial charge in [0.05, 0.1) is 13.2 Å². The van der Waals surface area contributed by atoms with Crippen molar-refractivity contribution in [1.29, 1.82) is 0 Å². The SMILES string of the molecule is CC(C)(CNC(=O)CCC(=O)c1ccc2c(c1)CCC2)N1CCOCC1. The Morgan fingerprint density at radius 1 is 1.12 bits per heavy atom. The number of morpholine rings is 1. The number of ketones is 1. The van der Waals surface area contributed by atoms with E-state index in [4.69, 9.17) is 4.74 Å². The molecule has 142 valence electrons. The number of carbonyl (C=O) groups is 2. The van der Waals surface area contributed by atoms with Crippen LogP contribution in [0.3, 0.4) is 0 Å². The van der Waals surface area contributed by atoms with Crippen molar-refractivity contribution in [2.24, 2.45) is 0 Å². The van der Waals surface area contributed by atoms with E-state index in [2.05, 4.69) is 30.1 Å². The molecule has 1 amide bonds. The Kier molecular flexibility index (Phi) is 6.09. The van der Waals surface area contributed by atoms with Crippen LogP contribution in [-0.4, -0.2) is 55.0 Å². The van der Waals surface area contributed by atoms with Gasteiger partial charge in [0.15, 0.2) is 5.78 Å². The van der Waals surface area contributed by atoms with Crippen LogP contribution in [-0.2, 0) is 22.4 Å². The molecule has 0 atom stereocenters. The largest absolute Gasteiger partial charge is 0.379 e. The molecule has 3 rings (SSSR count). The first-order chi connectivity index (χ1) is 12.5. The number of aryl methyl sites for hydroxylation is 2. The maximum absolute atomic E-state index is 12.4. The molecule has 26 heavy (non-hydrogen) atoms. The number of amides is 1. The van der Waals surface area contributed by atoms with E-state index >= 15 is 0 Å². The summed E-state index contributed by atoms with van der Waals surface area (Å²) in [6.45, 7) is 8.11. The van der Waals surface area contributed by atoms with Gasteiger partial charge in [0, 0.05) is 43.6 Å². The molecule has 1 aromatic rings. The van der Waals surface area contributed by atoms with E-state index in [-0.39, 0.29) is 30.1 Å². The number of carbonyl (C=O) groups excluding carboxylic acids is 2. The Hall–Kier alpha value is -1.72. The van der Waals surface area contributed by atoms with Crippen LogP contribution in [0.25, 0.3) is 0 Å². The number of nitrogens with zero attached hydrogens (tertiary/aromatic N) is 1. The number of benzene rings is 1. The Morgan fingerprint density at radius 2 is 1.85 bits per heavy atom. The van der Waals surface area contributed by atoms with Gasteiger partial charge in [-0.15, -0.1) is 0 Å². The lowest BCUT2D eigenvalue weighted by Crippen LogP contribution is -2.55. The maximum Gasteiger partial charge on any atom is 0.220 e. The summed E-state index contributed by atoms with van der Waals surface area (Å²) in [5.41, 5.74) is 3.30. The highest BCUT2D eigenvalue weighted by Gasteiger charge is 2.28. The quantitative estimate of drug-likeness (QED) is 0.760. The van der Waals surface area contributed by atoms with Gasteiger partial charge >= 0.3 is 0 Å². The summed E-state index contributed by atoms with van der Waals surface area (Å²) in [5.74, 6) is 0.00290. The lowest BCUT2D eigenvalue weighted by atomic mass is 10.0. The summed E-state index contributed by atoms with van der Waals surface area (Å²) < 4.78 is 5.39. The number of hydrogen-bond donors (Lipinski definition) is 1. The van der Waals surface area contributed by atoms with Crippen molar-refractivity contribution >= 4 is 11.7 Å². The van der Waals surface area contributed by atoms with Crippen molar-refractivity contribution in [1.82, 2.24) is 10.2 Å². The highest BCUT2D eigenvalue weighted by atomic mass is 16.5. The van der Waals surface area contributed by atoms with Crippen LogP contribution in [0.5, 0.6) is 0 Å². The molecule has 1 heterocycles. The average Bonchev–Trinajstić information content (AvgIpc) is 3.13. The van der Waals surface area contributed by atoms with Crippen LogP contribution in [0.2, 0.25) is 0 Å². The van der Waals surface area contributed by atoms with Crippen molar-refractivity contribution in [3.05, 3.63) is 34.9 Å². The lowest BCUT2D eigenvalue weighted by molar-refractivity contribution is -0.121. The molecule has 1 N–H and O–H groups in total. The average molecular weight is 358 g/mol. The second-order valence-corrected chi connectivity index (χ2v) is 7.95. The minimum atomic E-state index is -0.108. The standard InChI is InChI=1S/C21H30N2O3/c1-21(2,23-10-12-26-13-11-23)15-22-20(25)9-8-19(24)18-7-6-16-4-3-5-17(16)14-18/h6-7,14H,3-5,8-13,15H2,1-2H3,(H,22,25). The summed E-state index contributed by atoms with van der Waals surface area (Å²) in [6, 6.07) is 6.00. The van der Waals surface area contributed by atoms with Crippen LogP contribution < -0.4 is 5.32 Å². The molecule has 1 fully saturated rings. The van der Waals surface area contributed by atoms with Gasteiger partial charge in [-0.25, -0.2) is 0 Å². The molecule has 0 bridgehead atoms. The predicted octanol–water partition coefficient (Wildman–Crippen LogP) is 2.37. The maximum atomic E-state index is 12.4. The van der Waals surface area contributed by atoms with E-state index in [9.17, 15) is 9.59 Å². The summed E-state index contributed by atoms with van der Waals surface area (Å²) in [6.07, 6.45) is 3.87. The van der Waals surface area contributed by atoms with Gasteiger partial charge in [-0.05, 0) is 50.3 Å². The molecule has 0 unspecified atom stereocenters. The number of fused-ring (bicyclic) bond motifs is 1. The van der Waals surface area contributed by atoms with Gasteiger partial charge < -0.3 is 10.1 Å². The molecular weight excluding hydrogens is 328 g/mol. The van der Waals surface area contributed by atoms with Gasteiger partial charge in [0.1, 0.15) is 0 Å². The van der Waals surface area contributed by atoms with E-state index in [1.807, 2.05) is 12.1 Å². The molecule has 1 aliphatic carbocycles. The van der Waals surface area contributed by atoms with Crippen molar-refractivity contribution in [3.8, 4) is 0 Å². The molecule has 1 saturated heterocycles. The van der Waals surface area contributed by atoms with Crippen molar-refractivity contribution < 1.29 is 14.3 Å². The van der Waals surface area contributed by atoms with E-state index in [0.717, 1.165) is 44.7 Å². The summed E-state index contributed by atoms with van der Waals surface area (Å²) in [4.78, 5) is 26.9. The number of Topliss-reactive ketones (excluding diaryl/α,β-unsaturated/α-hetero) is 1. The van der Waals surface area contributed by atoms with Gasteiger partial charge in [0.25, 0.3) is 0 Å². The van der Waals surface area contributed by atoms with Gasteiger partial charge in [-0.1, -0.05) is 12.1 Å². The van der Waals surface area contributed by atoms with Crippen molar-refractivity contribution in [2.75, 3.05) is 32.8 Å². The summed E-state index contributed by atoms with van der Waals surface area (Å²) in [5, 5.41) is 3.00. The molecule has 2 aliphatic rings. The molecular formula is C21H30N2O3. The second-order valence-electron chi connectivity index (χ2n) is 7.95. The molecule has 5 heteroatoms. The van der Waals surface area contributed by atoms with Crippen LogP contribution in [0.15, 0.2) is 18.2 Å². The first-order valence-corrected chi connectivity index (χ1v) is 9.70. The van der Waals surface area contributed by atoms with Gasteiger partial charge in [-0.2, -0.15) is 0 Å². The normalized spacial score (nSPS) is 17.8. The van der Waals surface area contributed by atoms with Crippen LogP contribution in [0, 0.1) is 0 Å². The van der Waals surface area contributed by atoms with E-state index in [1.165, 1.54) is 17.5 Å². The van der Waals surface area contributed by atoms with Crippen molar-refractivity contribution in [2.45, 2.75) is 51.5 Å². The Bertz CT molecular complexity index is 663. The minimum Gasteiger partial charge on any atom is -0.379 e. The van der Waals surface area contributed by atoms with Crippen molar-refractivity contribution in [3.63, 3.8) is 0 Å². The fraction of sp³-hybridized carbons (Fsp3) is 0.619. The molecule has 5 nitrogen and oxygen atoms in total. The fourth-order valence-corrected chi connectivity index (χ4v) is 3.80. The van der Waals surface area contributed by atoms with Crippen LogP contribution >= 0.6 is 0 Å². The van der Waals surface area contributed by atoms with E-state index < -0.39 is 0 Å². The molecule has 0 saturated carbocycles. The zero-order chi connectivity index (χ0) is 18.6. The lowest BCUT2D eigenvalue weighted by Gasteiger charge is -2.40. The first kappa shape index (κ1) is 19.1. The van der Waals surface area contributed by atoms with Crippen LogP contribution in [0.4, 0.5) is 0 Å². The molecule has 1 aliphatic heterocycles. The smallest absolute Gasteiger partial charge is 0.220 e. The zero-order valence-electron chi connectivity index (χ0n) is 16.0. The first-order valence-electron chi connectivity index (χ1n) is 9.70. The summed E-state index contributed by atoms with van der Waals surface area (Å²) in [7, 11) is 0. The second kappa shape index (κ2) is 8.31. The third-order valence-corrected chi connectivity index (χ3v) is 5.58. The third kappa shape index (κ3) is 4.71. The topological polar surface area (TPSA) is 58.6 Å². The highest BCUT2D eigenvalue weighted by Crippen LogP contribution is 2.23. The minimum absolute atomic E-state index is 0.0548. The number of hydrogen-bond acceptors (Lipinski definition) is 4.